The fraction of sp³-hybridized carbons (Fsp3) is 0.385. The molecule has 2 aliphatic rings. The van der Waals surface area contributed by atoms with Gasteiger partial charge in [0.2, 0.25) is 17.1 Å². The van der Waals surface area contributed by atoms with Crippen molar-refractivity contribution in [3.8, 4) is 18.2 Å². The van der Waals surface area contributed by atoms with Crippen molar-refractivity contribution in [1.82, 2.24) is 0 Å². The second kappa shape index (κ2) is 7.32. The monoisotopic (exact) mass is 458 g/mol. The summed E-state index contributed by atoms with van der Waals surface area (Å²) in [6.07, 6.45) is -1.14. The van der Waals surface area contributed by atoms with Crippen LogP contribution in [0.15, 0.2) is 48.5 Å². The summed E-state index contributed by atoms with van der Waals surface area (Å²) in [7, 11) is 0. The fourth-order valence-electron chi connectivity index (χ4n) is 5.03. The predicted molar refractivity (Wildman–Crippen MR) is 122 cm³/mol. The van der Waals surface area contributed by atoms with Gasteiger partial charge in [-0.05, 0) is 28.7 Å². The first kappa shape index (κ1) is 22.8. The Hall–Kier alpha value is -3.37. The van der Waals surface area contributed by atoms with Crippen LogP contribution in [0.4, 0.5) is 0 Å². The third-order valence-corrected chi connectivity index (χ3v) is 7.21. The first-order valence-electron chi connectivity index (χ1n) is 10.6. The minimum Gasteiger partial charge on any atom is -0.443 e. The van der Waals surface area contributed by atoms with E-state index in [4.69, 9.17) is 26.5 Å². The predicted octanol–water partition coefficient (Wildman–Crippen LogP) is 5.75. The van der Waals surface area contributed by atoms with Gasteiger partial charge in [0.05, 0.1) is 24.1 Å². The third kappa shape index (κ3) is 2.83. The van der Waals surface area contributed by atoms with Crippen LogP contribution in [0.3, 0.4) is 0 Å². The zero-order chi connectivity index (χ0) is 24.2. The van der Waals surface area contributed by atoms with Crippen molar-refractivity contribution >= 4 is 17.5 Å². The molecule has 1 N–H and O–H groups in total. The quantitative estimate of drug-likeness (QED) is 0.615. The van der Waals surface area contributed by atoms with E-state index >= 15 is 0 Å². The van der Waals surface area contributed by atoms with Crippen LogP contribution in [-0.4, -0.2) is 5.90 Å². The number of fused-ring (bicyclic) bond motifs is 2. The van der Waals surface area contributed by atoms with E-state index in [2.05, 4.69) is 39.0 Å². The topological polar surface area (TPSA) is 114 Å². The smallest absolute Gasteiger partial charge is 0.244 e. The van der Waals surface area contributed by atoms with Gasteiger partial charge in [-0.15, -0.1) is 0 Å². The largest absolute Gasteiger partial charge is 0.443 e. The lowest BCUT2D eigenvalue weighted by Gasteiger charge is -2.48. The van der Waals surface area contributed by atoms with Gasteiger partial charge in [0, 0.05) is 10.6 Å². The molecule has 166 valence electrons. The van der Waals surface area contributed by atoms with Crippen LogP contribution in [0.25, 0.3) is 0 Å². The molecule has 0 aliphatic carbocycles. The van der Waals surface area contributed by atoms with Crippen molar-refractivity contribution in [2.45, 2.75) is 45.0 Å². The first-order valence-corrected chi connectivity index (χ1v) is 11.0. The summed E-state index contributed by atoms with van der Waals surface area (Å²) in [4.78, 5) is 0. The van der Waals surface area contributed by atoms with Crippen LogP contribution in [0.5, 0.6) is 0 Å². The maximum absolute atomic E-state index is 10.4. The van der Waals surface area contributed by atoms with Crippen molar-refractivity contribution in [1.29, 1.82) is 21.2 Å². The molecule has 33 heavy (non-hydrogen) atoms. The van der Waals surface area contributed by atoms with E-state index in [1.807, 2.05) is 24.3 Å². The summed E-state index contributed by atoms with van der Waals surface area (Å²) >= 11 is 6.24. The van der Waals surface area contributed by atoms with Crippen LogP contribution in [-0.2, 0) is 20.7 Å². The molecular formula is C26H23ClN4O2. The third-order valence-electron chi connectivity index (χ3n) is 6.98. The number of halogens is 1. The maximum Gasteiger partial charge on any atom is 0.244 e. The number of nitriles is 3. The Morgan fingerprint density at radius 2 is 1.64 bits per heavy atom. The number of hydrogen-bond donors (Lipinski definition) is 1. The number of benzene rings is 2. The van der Waals surface area contributed by atoms with E-state index in [0.29, 0.717) is 16.1 Å². The van der Waals surface area contributed by atoms with Crippen LogP contribution in [0.2, 0.25) is 5.02 Å². The number of nitrogens with zero attached hydrogens (tertiary/aromatic N) is 3. The van der Waals surface area contributed by atoms with Gasteiger partial charge < -0.3 is 9.47 Å². The summed E-state index contributed by atoms with van der Waals surface area (Å²) in [5.41, 5.74) is -1.79. The lowest BCUT2D eigenvalue weighted by Crippen LogP contribution is -2.57. The van der Waals surface area contributed by atoms with E-state index in [1.54, 1.807) is 31.2 Å². The maximum atomic E-state index is 10.4. The van der Waals surface area contributed by atoms with Crippen LogP contribution in [0.1, 0.15) is 50.5 Å². The highest BCUT2D eigenvalue weighted by Crippen LogP contribution is 2.69. The van der Waals surface area contributed by atoms with Crippen molar-refractivity contribution < 1.29 is 9.47 Å². The average Bonchev–Trinajstić information content (AvgIpc) is 2.95. The highest BCUT2D eigenvalue weighted by Gasteiger charge is 2.79. The van der Waals surface area contributed by atoms with Gasteiger partial charge in [-0.3, -0.25) is 5.41 Å². The molecule has 2 aliphatic heterocycles. The molecule has 4 unspecified atom stereocenters. The van der Waals surface area contributed by atoms with E-state index in [1.165, 1.54) is 0 Å². The van der Waals surface area contributed by atoms with Crippen molar-refractivity contribution in [2.24, 2.45) is 16.7 Å². The van der Waals surface area contributed by atoms with Crippen molar-refractivity contribution in [2.75, 3.05) is 0 Å². The molecule has 2 fully saturated rings. The summed E-state index contributed by atoms with van der Waals surface area (Å²) < 4.78 is 12.5. The molecule has 0 saturated carbocycles. The number of ether oxygens (including phenoxy) is 2. The van der Waals surface area contributed by atoms with E-state index in [0.717, 1.165) is 5.56 Å². The van der Waals surface area contributed by atoms with Crippen molar-refractivity contribution in [3.05, 3.63) is 70.2 Å². The van der Waals surface area contributed by atoms with Crippen LogP contribution in [0, 0.1) is 56.2 Å². The zero-order valence-corrected chi connectivity index (χ0v) is 19.6. The Labute approximate surface area is 198 Å². The number of hydrogen-bond acceptors (Lipinski definition) is 6. The molecule has 4 atom stereocenters. The zero-order valence-electron chi connectivity index (χ0n) is 18.8. The van der Waals surface area contributed by atoms with Gasteiger partial charge in [0.25, 0.3) is 0 Å². The molecule has 6 nitrogen and oxygen atoms in total. The van der Waals surface area contributed by atoms with Gasteiger partial charge in [0.1, 0.15) is 6.10 Å². The van der Waals surface area contributed by atoms with Crippen LogP contribution < -0.4 is 0 Å². The van der Waals surface area contributed by atoms with Gasteiger partial charge in [-0.25, -0.2) is 0 Å². The van der Waals surface area contributed by atoms with E-state index in [9.17, 15) is 15.8 Å². The van der Waals surface area contributed by atoms with Gasteiger partial charge in [0.15, 0.2) is 5.41 Å². The van der Waals surface area contributed by atoms with Gasteiger partial charge in [-0.1, -0.05) is 75.7 Å². The van der Waals surface area contributed by atoms with Gasteiger partial charge >= 0.3 is 0 Å². The summed E-state index contributed by atoms with van der Waals surface area (Å²) in [5, 5.41) is 40.1. The Kier molecular flexibility index (Phi) is 5.06. The molecule has 2 heterocycles. The Bertz CT molecular complexity index is 1250. The highest BCUT2D eigenvalue weighted by atomic mass is 35.5. The van der Waals surface area contributed by atoms with Gasteiger partial charge in [-0.2, -0.15) is 15.8 Å². The Balaban J connectivity index is 1.99. The summed E-state index contributed by atoms with van der Waals surface area (Å²) in [6.45, 7) is 7.94. The van der Waals surface area contributed by atoms with E-state index in [-0.39, 0.29) is 5.41 Å². The van der Waals surface area contributed by atoms with Crippen molar-refractivity contribution in [3.63, 3.8) is 0 Å². The van der Waals surface area contributed by atoms with E-state index < -0.39 is 34.5 Å². The number of rotatable bonds is 2. The summed E-state index contributed by atoms with van der Waals surface area (Å²) in [6, 6.07) is 20.6. The molecule has 2 aromatic rings. The fourth-order valence-corrected chi connectivity index (χ4v) is 5.22. The minimum atomic E-state index is -2.00. The van der Waals surface area contributed by atoms with Crippen LogP contribution >= 0.6 is 11.6 Å². The molecule has 0 spiro atoms. The highest BCUT2D eigenvalue weighted by molar-refractivity contribution is 6.30. The second-order valence-electron chi connectivity index (χ2n) is 9.65. The molecule has 2 saturated heterocycles. The molecule has 0 amide bonds. The Morgan fingerprint density at radius 3 is 2.15 bits per heavy atom. The Morgan fingerprint density at radius 1 is 1.00 bits per heavy atom. The average molecular weight is 459 g/mol. The molecular weight excluding hydrogens is 436 g/mol. The minimum absolute atomic E-state index is 0.0951. The number of nitrogens with one attached hydrogen (secondary N) is 1. The molecule has 2 bridgehead atoms. The lowest BCUT2D eigenvalue weighted by molar-refractivity contribution is -0.288. The second-order valence-corrected chi connectivity index (χ2v) is 10.1. The molecule has 4 rings (SSSR count). The molecule has 2 aromatic carbocycles. The standard InChI is InChI=1S/C26H23ClN4O2/c1-16-25(15-30)22(31)33-26(16,19-6-5-7-20(27)12-19)32-21(24(25,13-28)14-29)17-8-10-18(11-9-17)23(2,3)4/h5-12,16,21,31H,1-4H3. The SMILES string of the molecule is CC1C2(c3cccc(Cl)c3)OC(=N)C1(C#N)C(C#N)(C#N)C(c1ccc(C(C)(C)C)cc1)O2. The molecule has 7 heteroatoms. The summed E-state index contributed by atoms with van der Waals surface area (Å²) in [5.74, 6) is -2.83. The molecule has 0 aromatic heterocycles. The molecule has 0 radical (unpaired) electrons. The lowest BCUT2D eigenvalue weighted by atomic mass is 9.53. The normalized spacial score (nSPS) is 29.9. The first-order chi connectivity index (χ1) is 15.5.